The maximum absolute atomic E-state index is 7.00. The van der Waals surface area contributed by atoms with Gasteiger partial charge in [0.2, 0.25) is 0 Å². The first-order valence-electron chi connectivity index (χ1n) is 4.70. The molecule has 2 rings (SSSR count). The zero-order valence-electron chi connectivity index (χ0n) is 9.20. The fourth-order valence-electron chi connectivity index (χ4n) is 1.12. The van der Waals surface area contributed by atoms with Crippen molar-refractivity contribution < 1.29 is 5.11 Å². The van der Waals surface area contributed by atoms with E-state index in [9.17, 15) is 0 Å². The average molecular weight is 194 g/mol. The molecule has 2 aromatic heterocycles. The summed E-state index contributed by atoms with van der Waals surface area (Å²) in [5, 5.41) is 8.23. The number of nitrogens with zero attached hydrogens (tertiary/aromatic N) is 1. The van der Waals surface area contributed by atoms with Crippen LogP contribution in [-0.4, -0.2) is 22.2 Å². The molecule has 0 aliphatic carbocycles. The smallest absolute Gasteiger partial charge is 0.0642 e. The highest BCUT2D eigenvalue weighted by Crippen LogP contribution is 2.11. The maximum Gasteiger partial charge on any atom is 0.0642 e. The van der Waals surface area contributed by atoms with Crippen molar-refractivity contribution in [3.05, 3.63) is 30.2 Å². The number of hydrogen-bond donors (Lipinski definition) is 2. The summed E-state index contributed by atoms with van der Waals surface area (Å²) >= 11 is 0. The Morgan fingerprint density at radius 3 is 2.50 bits per heavy atom. The van der Waals surface area contributed by atoms with E-state index in [1.54, 1.807) is 6.20 Å². The van der Waals surface area contributed by atoms with E-state index in [1.165, 1.54) is 11.1 Å². The summed E-state index contributed by atoms with van der Waals surface area (Å²) in [6.07, 6.45) is 3.64. The average Bonchev–Trinajstić information content (AvgIpc) is 2.64. The van der Waals surface area contributed by atoms with Gasteiger partial charge in [-0.05, 0) is 19.1 Å². The minimum atomic E-state index is 1.00. The van der Waals surface area contributed by atoms with Gasteiger partial charge in [0.1, 0.15) is 0 Å². The topological polar surface area (TPSA) is 48.9 Å². The van der Waals surface area contributed by atoms with Crippen molar-refractivity contribution in [3.8, 4) is 0 Å². The fraction of sp³-hybridized carbons (Fsp3) is 0.364. The van der Waals surface area contributed by atoms with E-state index in [4.69, 9.17) is 5.11 Å². The van der Waals surface area contributed by atoms with Crippen LogP contribution in [0, 0.1) is 6.92 Å². The molecule has 0 unspecified atom stereocenters. The summed E-state index contributed by atoms with van der Waals surface area (Å²) in [7, 11) is 1.00. The molecule has 0 amide bonds. The quantitative estimate of drug-likeness (QED) is 0.677. The molecule has 2 N–H and O–H groups in total. The van der Waals surface area contributed by atoms with Crippen LogP contribution in [0.15, 0.2) is 24.5 Å². The van der Waals surface area contributed by atoms with Gasteiger partial charge in [-0.2, -0.15) is 0 Å². The third-order valence-corrected chi connectivity index (χ3v) is 1.56. The SMILES string of the molecule is CC.CO.Cc1cc2ccncc2[nH]1. The first kappa shape index (κ1) is 12.7. The van der Waals surface area contributed by atoms with E-state index in [0.717, 1.165) is 12.6 Å². The normalized spacial score (nSPS) is 8.36. The molecule has 0 saturated carbocycles. The van der Waals surface area contributed by atoms with Gasteiger partial charge in [0.25, 0.3) is 0 Å². The standard InChI is InChI=1S/C8H8N2.C2H6.CH4O/c1-6-4-7-2-3-9-5-8(7)10-6;2*1-2/h2-5,10H,1H3;1-2H3;2H,1H3. The predicted octanol–water partition coefficient (Wildman–Crippen LogP) is 2.51. The first-order valence-corrected chi connectivity index (χ1v) is 4.70. The van der Waals surface area contributed by atoms with Gasteiger partial charge in [0, 0.05) is 24.4 Å². The van der Waals surface area contributed by atoms with Crippen molar-refractivity contribution >= 4 is 10.9 Å². The molecule has 0 bridgehead atoms. The Morgan fingerprint density at radius 1 is 1.29 bits per heavy atom. The van der Waals surface area contributed by atoms with Crippen LogP contribution in [0.3, 0.4) is 0 Å². The van der Waals surface area contributed by atoms with E-state index in [0.29, 0.717) is 0 Å². The number of aromatic nitrogens is 2. The number of hydrogen-bond acceptors (Lipinski definition) is 2. The van der Waals surface area contributed by atoms with Gasteiger partial charge < -0.3 is 10.1 Å². The highest BCUT2D eigenvalue weighted by atomic mass is 16.2. The highest BCUT2D eigenvalue weighted by molar-refractivity contribution is 5.78. The zero-order chi connectivity index (χ0) is 11.0. The Morgan fingerprint density at radius 2 is 1.93 bits per heavy atom. The molecule has 0 radical (unpaired) electrons. The van der Waals surface area contributed by atoms with Gasteiger partial charge in [0.05, 0.1) is 11.7 Å². The van der Waals surface area contributed by atoms with Crippen molar-refractivity contribution in [2.24, 2.45) is 0 Å². The Bertz CT molecular complexity index is 322. The summed E-state index contributed by atoms with van der Waals surface area (Å²) in [6, 6.07) is 4.11. The number of aryl methyl sites for hydroxylation is 1. The van der Waals surface area contributed by atoms with Crippen LogP contribution in [0.4, 0.5) is 0 Å². The number of aromatic amines is 1. The molecule has 3 heteroatoms. The van der Waals surface area contributed by atoms with Crippen LogP contribution in [-0.2, 0) is 0 Å². The van der Waals surface area contributed by atoms with E-state index < -0.39 is 0 Å². The second-order valence-corrected chi connectivity index (χ2v) is 2.42. The summed E-state index contributed by atoms with van der Waals surface area (Å²) < 4.78 is 0. The van der Waals surface area contributed by atoms with Crippen molar-refractivity contribution in [1.29, 1.82) is 0 Å². The molecule has 0 aliphatic heterocycles. The van der Waals surface area contributed by atoms with E-state index >= 15 is 0 Å². The molecule has 3 nitrogen and oxygen atoms in total. The lowest BCUT2D eigenvalue weighted by Gasteiger charge is -1.83. The van der Waals surface area contributed by atoms with Crippen LogP contribution in [0.25, 0.3) is 10.9 Å². The lowest BCUT2D eigenvalue weighted by molar-refractivity contribution is 0.399. The molecular formula is C11H18N2O. The monoisotopic (exact) mass is 194 g/mol. The molecule has 0 spiro atoms. The van der Waals surface area contributed by atoms with Crippen LogP contribution in [0.2, 0.25) is 0 Å². The molecule has 0 fully saturated rings. The van der Waals surface area contributed by atoms with Crippen molar-refractivity contribution in [1.82, 2.24) is 9.97 Å². The minimum Gasteiger partial charge on any atom is -0.400 e. The Labute approximate surface area is 84.8 Å². The third kappa shape index (κ3) is 3.18. The predicted molar refractivity (Wildman–Crippen MR) is 60.3 cm³/mol. The number of aliphatic hydroxyl groups is 1. The number of H-pyrrole nitrogens is 1. The number of aliphatic hydroxyl groups excluding tert-OH is 1. The molecule has 2 heterocycles. The summed E-state index contributed by atoms with van der Waals surface area (Å²) in [5.74, 6) is 0. The molecule has 0 atom stereocenters. The second kappa shape index (κ2) is 7.09. The van der Waals surface area contributed by atoms with E-state index in [1.807, 2.05) is 33.0 Å². The van der Waals surface area contributed by atoms with Gasteiger partial charge in [-0.15, -0.1) is 0 Å². The molecule has 78 valence electrons. The number of rotatable bonds is 0. The number of pyridine rings is 1. The highest BCUT2D eigenvalue weighted by Gasteiger charge is 1.93. The fourth-order valence-corrected chi connectivity index (χ4v) is 1.12. The molecule has 0 aromatic carbocycles. The Balaban J connectivity index is 0.000000379. The van der Waals surface area contributed by atoms with Crippen molar-refractivity contribution in [2.75, 3.05) is 7.11 Å². The zero-order valence-corrected chi connectivity index (χ0v) is 9.20. The summed E-state index contributed by atoms with van der Waals surface area (Å²) in [4.78, 5) is 7.19. The summed E-state index contributed by atoms with van der Waals surface area (Å²) in [5.41, 5.74) is 2.29. The molecular weight excluding hydrogens is 176 g/mol. The largest absolute Gasteiger partial charge is 0.400 e. The number of fused-ring (bicyclic) bond motifs is 1. The Hall–Kier alpha value is -1.35. The minimum absolute atomic E-state index is 1.00. The van der Waals surface area contributed by atoms with Gasteiger partial charge in [-0.25, -0.2) is 0 Å². The second-order valence-electron chi connectivity index (χ2n) is 2.42. The third-order valence-electron chi connectivity index (χ3n) is 1.56. The van der Waals surface area contributed by atoms with Crippen LogP contribution in [0.5, 0.6) is 0 Å². The van der Waals surface area contributed by atoms with Crippen molar-refractivity contribution in [3.63, 3.8) is 0 Å². The van der Waals surface area contributed by atoms with Crippen LogP contribution in [0.1, 0.15) is 19.5 Å². The summed E-state index contributed by atoms with van der Waals surface area (Å²) in [6.45, 7) is 6.04. The van der Waals surface area contributed by atoms with Gasteiger partial charge in [-0.3, -0.25) is 4.98 Å². The van der Waals surface area contributed by atoms with E-state index in [-0.39, 0.29) is 0 Å². The van der Waals surface area contributed by atoms with Crippen LogP contribution >= 0.6 is 0 Å². The van der Waals surface area contributed by atoms with Gasteiger partial charge >= 0.3 is 0 Å². The lowest BCUT2D eigenvalue weighted by atomic mass is 10.3. The van der Waals surface area contributed by atoms with Gasteiger partial charge in [-0.1, -0.05) is 13.8 Å². The van der Waals surface area contributed by atoms with Crippen molar-refractivity contribution in [2.45, 2.75) is 20.8 Å². The molecule has 0 aliphatic rings. The van der Waals surface area contributed by atoms with Gasteiger partial charge in [0.15, 0.2) is 0 Å². The van der Waals surface area contributed by atoms with Crippen LogP contribution < -0.4 is 0 Å². The maximum atomic E-state index is 7.00. The molecule has 2 aromatic rings. The molecule has 14 heavy (non-hydrogen) atoms. The van der Waals surface area contributed by atoms with E-state index in [2.05, 4.69) is 16.0 Å². The molecule has 0 saturated heterocycles. The first-order chi connectivity index (χ1) is 6.86. The number of nitrogens with one attached hydrogen (secondary N) is 1. The lowest BCUT2D eigenvalue weighted by Crippen LogP contribution is -1.69. The Kier molecular flexibility index (Phi) is 6.41.